The highest BCUT2D eigenvalue weighted by atomic mass is 16.4. The Bertz CT molecular complexity index is 466. The van der Waals surface area contributed by atoms with Crippen LogP contribution in [0.5, 0.6) is 0 Å². The second-order valence-electron chi connectivity index (χ2n) is 4.91. The molecule has 0 heterocycles. The number of carbonyl (C=O) groups excluding carboxylic acids is 1. The molecule has 0 aliphatic heterocycles. The van der Waals surface area contributed by atoms with Gasteiger partial charge >= 0.3 is 5.97 Å². The van der Waals surface area contributed by atoms with E-state index in [4.69, 9.17) is 10.8 Å². The lowest BCUT2D eigenvalue weighted by molar-refractivity contribution is -0.137. The molecule has 1 aliphatic carbocycles. The van der Waals surface area contributed by atoms with Gasteiger partial charge in [-0.3, -0.25) is 14.5 Å². The summed E-state index contributed by atoms with van der Waals surface area (Å²) < 4.78 is 0. The van der Waals surface area contributed by atoms with Gasteiger partial charge in [0.05, 0.1) is 6.42 Å². The maximum Gasteiger partial charge on any atom is 0.304 e. The Kier molecular flexibility index (Phi) is 4.16. The summed E-state index contributed by atoms with van der Waals surface area (Å²) in [5.41, 5.74) is 6.75. The van der Waals surface area contributed by atoms with Gasteiger partial charge in [0.15, 0.2) is 0 Å². The molecule has 5 heteroatoms. The predicted octanol–water partition coefficient (Wildman–Crippen LogP) is 1.22. The number of hydrogen-bond donors (Lipinski definition) is 2. The van der Waals surface area contributed by atoms with Gasteiger partial charge in [0.1, 0.15) is 0 Å². The molecule has 1 fully saturated rings. The van der Waals surface area contributed by atoms with Crippen LogP contribution in [0.1, 0.15) is 35.2 Å². The molecule has 1 aliphatic rings. The van der Waals surface area contributed by atoms with Crippen LogP contribution in [0.25, 0.3) is 0 Å². The second-order valence-corrected chi connectivity index (χ2v) is 4.91. The van der Waals surface area contributed by atoms with E-state index in [9.17, 15) is 9.59 Å². The number of carboxylic acid groups (broad SMARTS) is 1. The van der Waals surface area contributed by atoms with E-state index >= 15 is 0 Å². The summed E-state index contributed by atoms with van der Waals surface area (Å²) in [6.45, 7) is 1.29. The molecule has 0 unspecified atom stereocenters. The van der Waals surface area contributed by atoms with E-state index < -0.39 is 11.9 Å². The zero-order valence-corrected chi connectivity index (χ0v) is 10.7. The lowest BCUT2D eigenvalue weighted by Gasteiger charge is -2.21. The molecular formula is C14H18N2O3. The highest BCUT2D eigenvalue weighted by molar-refractivity contribution is 5.92. The molecule has 0 saturated heterocycles. The Morgan fingerprint density at radius 3 is 2.37 bits per heavy atom. The third-order valence-electron chi connectivity index (χ3n) is 3.30. The number of nitrogens with zero attached hydrogens (tertiary/aromatic N) is 1. The van der Waals surface area contributed by atoms with Crippen LogP contribution in [0.15, 0.2) is 24.3 Å². The van der Waals surface area contributed by atoms with E-state index in [2.05, 4.69) is 4.90 Å². The Hall–Kier alpha value is -1.88. The summed E-state index contributed by atoms with van der Waals surface area (Å²) in [5.74, 6) is -1.20. The Balaban J connectivity index is 1.96. The van der Waals surface area contributed by atoms with Crippen molar-refractivity contribution in [1.29, 1.82) is 0 Å². The number of nitrogens with two attached hydrogens (primary N) is 1. The van der Waals surface area contributed by atoms with E-state index in [-0.39, 0.29) is 6.42 Å². The Labute approximate surface area is 112 Å². The van der Waals surface area contributed by atoms with E-state index in [0.717, 1.165) is 24.9 Å². The molecule has 102 valence electrons. The number of carbonyl (C=O) groups is 2. The fourth-order valence-electron chi connectivity index (χ4n) is 2.08. The third-order valence-corrected chi connectivity index (χ3v) is 3.30. The fraction of sp³-hybridized carbons (Fsp3) is 0.429. The largest absolute Gasteiger partial charge is 0.481 e. The van der Waals surface area contributed by atoms with Gasteiger partial charge in [0.2, 0.25) is 5.91 Å². The normalized spacial score (nSPS) is 14.6. The zero-order valence-electron chi connectivity index (χ0n) is 10.7. The van der Waals surface area contributed by atoms with Crippen LogP contribution in [0.3, 0.4) is 0 Å². The van der Waals surface area contributed by atoms with Crippen molar-refractivity contribution in [3.63, 3.8) is 0 Å². The van der Waals surface area contributed by atoms with Crippen LogP contribution in [0.2, 0.25) is 0 Å². The molecule has 1 saturated carbocycles. The fourth-order valence-corrected chi connectivity index (χ4v) is 2.08. The van der Waals surface area contributed by atoms with Crippen molar-refractivity contribution in [3.05, 3.63) is 35.4 Å². The number of benzene rings is 1. The average Bonchev–Trinajstić information content (AvgIpc) is 3.19. The van der Waals surface area contributed by atoms with Crippen molar-refractivity contribution in [2.24, 2.45) is 5.73 Å². The van der Waals surface area contributed by atoms with Crippen molar-refractivity contribution in [1.82, 2.24) is 4.90 Å². The number of rotatable bonds is 7. The minimum absolute atomic E-state index is 0.163. The third kappa shape index (κ3) is 4.06. The summed E-state index contributed by atoms with van der Waals surface area (Å²) in [6, 6.07) is 7.67. The maximum absolute atomic E-state index is 11.0. The molecule has 0 radical (unpaired) electrons. The van der Waals surface area contributed by atoms with Crippen molar-refractivity contribution >= 4 is 11.9 Å². The van der Waals surface area contributed by atoms with Gasteiger partial charge in [-0.15, -0.1) is 0 Å². The van der Waals surface area contributed by atoms with Crippen molar-refractivity contribution < 1.29 is 14.7 Å². The molecule has 3 N–H and O–H groups in total. The molecule has 1 amide bonds. The van der Waals surface area contributed by atoms with Gasteiger partial charge in [-0.1, -0.05) is 12.1 Å². The van der Waals surface area contributed by atoms with Crippen LogP contribution in [0.4, 0.5) is 0 Å². The van der Waals surface area contributed by atoms with E-state index in [1.807, 2.05) is 12.1 Å². The smallest absolute Gasteiger partial charge is 0.304 e. The highest BCUT2D eigenvalue weighted by Crippen LogP contribution is 2.28. The molecule has 0 atom stereocenters. The molecule has 0 bridgehead atoms. The monoisotopic (exact) mass is 262 g/mol. The summed E-state index contributed by atoms with van der Waals surface area (Å²) in [6.07, 6.45) is 2.44. The van der Waals surface area contributed by atoms with Gasteiger partial charge < -0.3 is 10.8 Å². The van der Waals surface area contributed by atoms with Gasteiger partial charge in [-0.2, -0.15) is 0 Å². The standard InChI is InChI=1S/C14H18N2O3/c15-14(19)11-3-1-10(2-4-11)9-16(12-5-6-12)8-7-13(17)18/h1-4,12H,5-9H2,(H2,15,19)(H,17,18). The molecular weight excluding hydrogens is 244 g/mol. The predicted molar refractivity (Wildman–Crippen MR) is 70.6 cm³/mol. The summed E-state index contributed by atoms with van der Waals surface area (Å²) in [4.78, 5) is 23.8. The summed E-state index contributed by atoms with van der Waals surface area (Å²) >= 11 is 0. The van der Waals surface area contributed by atoms with Crippen LogP contribution in [-0.4, -0.2) is 34.5 Å². The van der Waals surface area contributed by atoms with Crippen molar-refractivity contribution in [2.45, 2.75) is 31.8 Å². The Morgan fingerprint density at radius 2 is 1.89 bits per heavy atom. The van der Waals surface area contributed by atoms with Crippen molar-refractivity contribution in [2.75, 3.05) is 6.54 Å². The quantitative estimate of drug-likeness (QED) is 0.774. The van der Waals surface area contributed by atoms with Crippen molar-refractivity contribution in [3.8, 4) is 0 Å². The van der Waals surface area contributed by atoms with Crippen LogP contribution < -0.4 is 5.73 Å². The first-order valence-corrected chi connectivity index (χ1v) is 6.41. The molecule has 1 aromatic rings. The lowest BCUT2D eigenvalue weighted by Crippen LogP contribution is -2.28. The topological polar surface area (TPSA) is 83.6 Å². The highest BCUT2D eigenvalue weighted by Gasteiger charge is 2.28. The zero-order chi connectivity index (χ0) is 13.8. The number of primary amides is 1. The van der Waals surface area contributed by atoms with Gasteiger partial charge in [0.25, 0.3) is 0 Å². The molecule has 19 heavy (non-hydrogen) atoms. The molecule has 0 spiro atoms. The number of amides is 1. The van der Waals surface area contributed by atoms with Gasteiger partial charge in [-0.25, -0.2) is 0 Å². The first-order valence-electron chi connectivity index (χ1n) is 6.41. The molecule has 2 rings (SSSR count). The summed E-state index contributed by atoms with van der Waals surface area (Å²) in [5, 5.41) is 8.75. The minimum Gasteiger partial charge on any atom is -0.481 e. The Morgan fingerprint density at radius 1 is 1.26 bits per heavy atom. The first kappa shape index (κ1) is 13.5. The van der Waals surface area contributed by atoms with Gasteiger partial charge in [0, 0.05) is 24.7 Å². The summed E-state index contributed by atoms with van der Waals surface area (Å²) in [7, 11) is 0. The SMILES string of the molecule is NC(=O)c1ccc(CN(CCC(=O)O)C2CC2)cc1. The van der Waals surface area contributed by atoms with Crippen LogP contribution >= 0.6 is 0 Å². The number of carboxylic acids is 1. The maximum atomic E-state index is 11.0. The van der Waals surface area contributed by atoms with Crippen LogP contribution in [0, 0.1) is 0 Å². The molecule has 0 aromatic heterocycles. The van der Waals surface area contributed by atoms with E-state index in [0.29, 0.717) is 18.2 Å². The van der Waals surface area contributed by atoms with E-state index in [1.165, 1.54) is 0 Å². The first-order chi connectivity index (χ1) is 9.06. The van der Waals surface area contributed by atoms with Gasteiger partial charge in [-0.05, 0) is 30.5 Å². The average molecular weight is 262 g/mol. The minimum atomic E-state index is -0.769. The van der Waals surface area contributed by atoms with Crippen LogP contribution in [-0.2, 0) is 11.3 Å². The second kappa shape index (κ2) is 5.84. The van der Waals surface area contributed by atoms with E-state index in [1.54, 1.807) is 12.1 Å². The molecule has 5 nitrogen and oxygen atoms in total. The molecule has 1 aromatic carbocycles. The number of aliphatic carboxylic acids is 1. The lowest BCUT2D eigenvalue weighted by atomic mass is 10.1. The number of hydrogen-bond acceptors (Lipinski definition) is 3.